The number of nitrogens with one attached hydrogen (secondary N) is 1. The number of benzene rings is 2. The molecule has 0 aliphatic heterocycles. The monoisotopic (exact) mass is 368 g/mol. The third kappa shape index (κ3) is 4.25. The first kappa shape index (κ1) is 18.4. The Balaban J connectivity index is 1.77. The lowest BCUT2D eigenvalue weighted by Crippen LogP contribution is -2.31. The number of amides is 1. The van der Waals surface area contributed by atoms with Crippen molar-refractivity contribution in [1.29, 1.82) is 0 Å². The molecule has 1 N–H and O–H groups in total. The summed E-state index contributed by atoms with van der Waals surface area (Å²) in [5, 5.41) is 2.82. The first-order chi connectivity index (χ1) is 13.0. The van der Waals surface area contributed by atoms with Gasteiger partial charge in [0, 0.05) is 24.0 Å². The lowest BCUT2D eigenvalue weighted by molar-refractivity contribution is 0.0983. The number of hydrogen-bond donors (Lipinski definition) is 1. The summed E-state index contributed by atoms with van der Waals surface area (Å²) in [7, 11) is 0. The van der Waals surface area contributed by atoms with Crippen molar-refractivity contribution in [2.45, 2.75) is 13.8 Å². The molecule has 3 aromatic rings. The van der Waals surface area contributed by atoms with Gasteiger partial charge < -0.3 is 10.2 Å². The minimum atomic E-state index is -0.962. The van der Waals surface area contributed by atoms with Gasteiger partial charge in [0.25, 0.3) is 5.91 Å². The van der Waals surface area contributed by atoms with Crippen LogP contribution in [0.2, 0.25) is 0 Å². The summed E-state index contributed by atoms with van der Waals surface area (Å²) < 4.78 is 26.2. The Kier molecular flexibility index (Phi) is 5.40. The van der Waals surface area contributed by atoms with E-state index in [2.05, 4.69) is 15.3 Å². The molecule has 0 aliphatic carbocycles. The van der Waals surface area contributed by atoms with Crippen LogP contribution in [0, 0.1) is 18.6 Å². The molecule has 2 aromatic carbocycles. The minimum absolute atomic E-state index is 0.189. The second-order valence-corrected chi connectivity index (χ2v) is 5.93. The van der Waals surface area contributed by atoms with Crippen LogP contribution in [0.15, 0.2) is 54.9 Å². The topological polar surface area (TPSA) is 58.1 Å². The predicted molar refractivity (Wildman–Crippen MR) is 100 cm³/mol. The van der Waals surface area contributed by atoms with E-state index in [1.165, 1.54) is 18.5 Å². The van der Waals surface area contributed by atoms with Crippen LogP contribution in [0.25, 0.3) is 0 Å². The van der Waals surface area contributed by atoms with Gasteiger partial charge in [-0.15, -0.1) is 0 Å². The van der Waals surface area contributed by atoms with E-state index in [4.69, 9.17) is 0 Å². The molecule has 1 amide bonds. The summed E-state index contributed by atoms with van der Waals surface area (Å²) in [4.78, 5) is 22.6. The molecule has 0 spiro atoms. The molecular weight excluding hydrogens is 350 g/mol. The van der Waals surface area contributed by atoms with Crippen molar-refractivity contribution in [2.24, 2.45) is 0 Å². The Morgan fingerprint density at radius 1 is 1.07 bits per heavy atom. The van der Waals surface area contributed by atoms with Crippen molar-refractivity contribution in [2.75, 3.05) is 16.8 Å². The number of carbonyl (C=O) groups excluding carboxylic acids is 1. The van der Waals surface area contributed by atoms with Crippen molar-refractivity contribution < 1.29 is 13.6 Å². The second kappa shape index (κ2) is 7.90. The van der Waals surface area contributed by atoms with E-state index in [9.17, 15) is 13.6 Å². The molecule has 3 rings (SSSR count). The predicted octanol–water partition coefficient (Wildman–Crippen LogP) is 4.47. The number of halogens is 2. The highest BCUT2D eigenvalue weighted by Gasteiger charge is 2.18. The third-order valence-electron chi connectivity index (χ3n) is 3.94. The van der Waals surface area contributed by atoms with Crippen LogP contribution in [-0.2, 0) is 0 Å². The van der Waals surface area contributed by atoms with Crippen LogP contribution in [-0.4, -0.2) is 22.4 Å². The first-order valence-corrected chi connectivity index (χ1v) is 8.40. The van der Waals surface area contributed by atoms with Crippen LogP contribution in [0.3, 0.4) is 0 Å². The van der Waals surface area contributed by atoms with Gasteiger partial charge in [-0.1, -0.05) is 12.1 Å². The third-order valence-corrected chi connectivity index (χ3v) is 3.94. The maximum Gasteiger partial charge on any atom is 0.278 e. The van der Waals surface area contributed by atoms with Gasteiger partial charge in [-0.25, -0.2) is 18.7 Å². The molecule has 0 atom stereocenters. The Hall–Kier alpha value is -3.35. The number of carbonyl (C=O) groups is 1. The lowest BCUT2D eigenvalue weighted by Gasteiger charge is -2.21. The largest absolute Gasteiger partial charge is 0.339 e. The molecule has 138 valence electrons. The maximum atomic E-state index is 13.3. The standard InChI is InChI=1S/C20H18F2N4O/c1-3-26(15-6-4-5-13(2)9-15)20(27)18-11-24-19(12-23-18)25-14-7-8-16(21)17(22)10-14/h4-12H,3H2,1-2H3,(H,24,25). The molecular formula is C20H18F2N4O. The molecule has 27 heavy (non-hydrogen) atoms. The average Bonchev–Trinajstić information content (AvgIpc) is 2.66. The molecule has 0 bridgehead atoms. The fourth-order valence-corrected chi connectivity index (χ4v) is 2.60. The van der Waals surface area contributed by atoms with Crippen LogP contribution >= 0.6 is 0 Å². The molecule has 5 nitrogen and oxygen atoms in total. The first-order valence-electron chi connectivity index (χ1n) is 8.40. The van der Waals surface area contributed by atoms with Crippen LogP contribution in [0.1, 0.15) is 23.0 Å². The Morgan fingerprint density at radius 2 is 1.89 bits per heavy atom. The molecule has 0 unspecified atom stereocenters. The molecule has 1 heterocycles. The summed E-state index contributed by atoms with van der Waals surface area (Å²) in [5.41, 5.74) is 2.36. The number of aryl methyl sites for hydroxylation is 1. The van der Waals surface area contributed by atoms with Crippen LogP contribution in [0.5, 0.6) is 0 Å². The van der Waals surface area contributed by atoms with Crippen LogP contribution in [0.4, 0.5) is 26.0 Å². The van der Waals surface area contributed by atoms with Crippen molar-refractivity contribution in [1.82, 2.24) is 9.97 Å². The van der Waals surface area contributed by atoms with Gasteiger partial charge in [-0.05, 0) is 43.7 Å². The van der Waals surface area contributed by atoms with Crippen molar-refractivity contribution >= 4 is 23.1 Å². The Bertz CT molecular complexity index is 960. The van der Waals surface area contributed by atoms with E-state index >= 15 is 0 Å². The van der Waals surface area contributed by atoms with Gasteiger partial charge >= 0.3 is 0 Å². The van der Waals surface area contributed by atoms with Gasteiger partial charge in [0.2, 0.25) is 0 Å². The van der Waals surface area contributed by atoms with Crippen molar-refractivity contribution in [3.8, 4) is 0 Å². The minimum Gasteiger partial charge on any atom is -0.339 e. The number of rotatable bonds is 5. The van der Waals surface area contributed by atoms with Gasteiger partial charge in [-0.3, -0.25) is 4.79 Å². The summed E-state index contributed by atoms with van der Waals surface area (Å²) in [6.07, 6.45) is 2.72. The zero-order chi connectivity index (χ0) is 19.4. The molecule has 0 radical (unpaired) electrons. The molecule has 0 saturated carbocycles. The SMILES string of the molecule is CCN(C(=O)c1cnc(Nc2ccc(F)c(F)c2)cn1)c1cccc(C)c1. The molecule has 1 aromatic heterocycles. The van der Waals surface area contributed by atoms with E-state index < -0.39 is 11.6 Å². The average molecular weight is 368 g/mol. The fourth-order valence-electron chi connectivity index (χ4n) is 2.60. The lowest BCUT2D eigenvalue weighted by atomic mass is 10.2. The normalized spacial score (nSPS) is 10.5. The van der Waals surface area contributed by atoms with Gasteiger partial charge in [0.1, 0.15) is 11.5 Å². The van der Waals surface area contributed by atoms with E-state index in [1.807, 2.05) is 38.1 Å². The summed E-state index contributed by atoms with van der Waals surface area (Å²) in [6, 6.07) is 11.1. The number of aromatic nitrogens is 2. The van der Waals surface area contributed by atoms with Crippen molar-refractivity contribution in [3.63, 3.8) is 0 Å². The zero-order valence-electron chi connectivity index (χ0n) is 14.9. The molecule has 0 aliphatic rings. The summed E-state index contributed by atoms with van der Waals surface area (Å²) in [6.45, 7) is 4.33. The number of anilines is 3. The van der Waals surface area contributed by atoms with Gasteiger partial charge in [0.05, 0.1) is 12.4 Å². The molecule has 0 saturated heterocycles. The smallest absolute Gasteiger partial charge is 0.278 e. The van der Waals surface area contributed by atoms with Gasteiger partial charge in [-0.2, -0.15) is 0 Å². The Morgan fingerprint density at radius 3 is 2.52 bits per heavy atom. The zero-order valence-corrected chi connectivity index (χ0v) is 14.9. The maximum absolute atomic E-state index is 13.3. The highest BCUT2D eigenvalue weighted by atomic mass is 19.2. The van der Waals surface area contributed by atoms with E-state index in [-0.39, 0.29) is 11.6 Å². The summed E-state index contributed by atoms with van der Waals surface area (Å²) >= 11 is 0. The second-order valence-electron chi connectivity index (χ2n) is 5.93. The molecule has 0 fully saturated rings. The van der Waals surface area contributed by atoms with Crippen LogP contribution < -0.4 is 10.2 Å². The highest BCUT2D eigenvalue weighted by Crippen LogP contribution is 2.19. The number of nitrogens with zero attached hydrogens (tertiary/aromatic N) is 3. The Labute approximate surface area is 155 Å². The van der Waals surface area contributed by atoms with E-state index in [1.54, 1.807) is 4.90 Å². The quantitative estimate of drug-likeness (QED) is 0.722. The molecule has 7 heteroatoms. The van der Waals surface area contributed by atoms with Gasteiger partial charge in [0.15, 0.2) is 11.6 Å². The van der Waals surface area contributed by atoms with E-state index in [0.29, 0.717) is 18.1 Å². The summed E-state index contributed by atoms with van der Waals surface area (Å²) in [5.74, 6) is -1.84. The van der Waals surface area contributed by atoms with Crippen molar-refractivity contribution in [3.05, 3.63) is 77.8 Å². The fraction of sp³-hybridized carbons (Fsp3) is 0.150. The number of hydrogen-bond acceptors (Lipinski definition) is 4. The van der Waals surface area contributed by atoms with E-state index in [0.717, 1.165) is 23.4 Å². The highest BCUT2D eigenvalue weighted by molar-refractivity contribution is 6.04.